The molecular formula is C11H19N3. The average molecular weight is 193 g/mol. The molecule has 0 amide bonds. The van der Waals surface area contributed by atoms with Crippen molar-refractivity contribution in [1.82, 2.24) is 14.8 Å². The van der Waals surface area contributed by atoms with Crippen LogP contribution in [-0.2, 0) is 7.05 Å². The molecule has 1 fully saturated rings. The average Bonchev–Trinajstić information content (AvgIpc) is 2.65. The summed E-state index contributed by atoms with van der Waals surface area (Å²) < 4.78 is 2.21. The van der Waals surface area contributed by atoms with Gasteiger partial charge in [-0.25, -0.2) is 0 Å². The number of nitrogens with zero attached hydrogens (tertiary/aromatic N) is 2. The van der Waals surface area contributed by atoms with Gasteiger partial charge in [-0.2, -0.15) is 0 Å². The Bertz CT molecular complexity index is 286. The fourth-order valence-electron chi connectivity index (χ4n) is 2.16. The quantitative estimate of drug-likeness (QED) is 0.756. The van der Waals surface area contributed by atoms with Gasteiger partial charge in [0.05, 0.1) is 0 Å². The molecule has 2 rings (SSSR count). The lowest BCUT2D eigenvalue weighted by molar-refractivity contribution is 0.180. The second-order valence-corrected chi connectivity index (χ2v) is 4.01. The largest absolute Gasteiger partial charge is 0.353 e. The van der Waals surface area contributed by atoms with Crippen molar-refractivity contribution in [2.45, 2.75) is 13.0 Å². The highest BCUT2D eigenvalue weighted by atomic mass is 15.2. The van der Waals surface area contributed by atoms with Gasteiger partial charge < -0.3 is 9.88 Å². The van der Waals surface area contributed by atoms with E-state index >= 15 is 0 Å². The minimum absolute atomic E-state index is 0.539. The molecule has 1 N–H and O–H groups in total. The summed E-state index contributed by atoms with van der Waals surface area (Å²) in [6.07, 6.45) is 2.12. The zero-order valence-corrected chi connectivity index (χ0v) is 9.03. The number of piperazine rings is 1. The highest BCUT2D eigenvalue weighted by molar-refractivity contribution is 5.11. The molecule has 78 valence electrons. The molecule has 1 aliphatic rings. The second-order valence-electron chi connectivity index (χ2n) is 4.01. The Labute approximate surface area is 85.7 Å². The van der Waals surface area contributed by atoms with Gasteiger partial charge >= 0.3 is 0 Å². The molecule has 1 aliphatic heterocycles. The van der Waals surface area contributed by atoms with Gasteiger partial charge in [-0.3, -0.25) is 4.90 Å². The van der Waals surface area contributed by atoms with Crippen LogP contribution in [0, 0.1) is 0 Å². The Morgan fingerprint density at radius 2 is 2.07 bits per heavy atom. The summed E-state index contributed by atoms with van der Waals surface area (Å²) in [5.74, 6) is 0. The van der Waals surface area contributed by atoms with Crippen molar-refractivity contribution in [3.63, 3.8) is 0 Å². The van der Waals surface area contributed by atoms with Crippen LogP contribution in [0.1, 0.15) is 18.7 Å². The highest BCUT2D eigenvalue weighted by Gasteiger charge is 2.18. The third-order valence-corrected chi connectivity index (χ3v) is 3.11. The van der Waals surface area contributed by atoms with Crippen LogP contribution < -0.4 is 5.32 Å². The Morgan fingerprint density at radius 1 is 1.36 bits per heavy atom. The van der Waals surface area contributed by atoms with E-state index in [0.29, 0.717) is 6.04 Å². The highest BCUT2D eigenvalue weighted by Crippen LogP contribution is 2.19. The maximum atomic E-state index is 3.38. The van der Waals surface area contributed by atoms with Crippen molar-refractivity contribution in [2.24, 2.45) is 7.05 Å². The zero-order chi connectivity index (χ0) is 9.97. The maximum Gasteiger partial charge on any atom is 0.0473 e. The number of nitrogens with one attached hydrogen (secondary N) is 1. The molecule has 3 heteroatoms. The third kappa shape index (κ3) is 1.83. The molecule has 0 radical (unpaired) electrons. The summed E-state index contributed by atoms with van der Waals surface area (Å²) in [5, 5.41) is 3.38. The minimum Gasteiger partial charge on any atom is -0.353 e. The Hall–Kier alpha value is -0.800. The first-order chi connectivity index (χ1) is 6.79. The molecule has 1 atom stereocenters. The molecule has 0 aliphatic carbocycles. The summed E-state index contributed by atoms with van der Waals surface area (Å²) in [6, 6.07) is 4.87. The van der Waals surface area contributed by atoms with Crippen LogP contribution in [0.25, 0.3) is 0 Å². The Morgan fingerprint density at radius 3 is 2.64 bits per heavy atom. The Balaban J connectivity index is 2.07. The number of hydrogen-bond acceptors (Lipinski definition) is 2. The fraction of sp³-hybridized carbons (Fsp3) is 0.636. The van der Waals surface area contributed by atoms with E-state index in [0.717, 1.165) is 26.2 Å². The van der Waals surface area contributed by atoms with Crippen LogP contribution in [0.4, 0.5) is 0 Å². The molecule has 2 heterocycles. The molecule has 14 heavy (non-hydrogen) atoms. The summed E-state index contributed by atoms with van der Waals surface area (Å²) in [7, 11) is 2.12. The lowest BCUT2D eigenvalue weighted by atomic mass is 10.2. The summed E-state index contributed by atoms with van der Waals surface area (Å²) in [5.41, 5.74) is 1.41. The predicted octanol–water partition coefficient (Wildman–Crippen LogP) is 0.991. The molecule has 0 saturated carbocycles. The maximum absolute atomic E-state index is 3.38. The number of aromatic nitrogens is 1. The van der Waals surface area contributed by atoms with Crippen LogP contribution in [-0.4, -0.2) is 35.6 Å². The van der Waals surface area contributed by atoms with Crippen LogP contribution in [0.5, 0.6) is 0 Å². The SMILES string of the molecule is C[C@H](c1cccn1C)N1CCNCC1. The van der Waals surface area contributed by atoms with E-state index in [4.69, 9.17) is 0 Å². The summed E-state index contributed by atoms with van der Waals surface area (Å²) in [4.78, 5) is 2.53. The Kier molecular flexibility index (Phi) is 2.89. The molecule has 0 unspecified atom stereocenters. The second kappa shape index (κ2) is 4.15. The van der Waals surface area contributed by atoms with Gasteiger partial charge in [0.15, 0.2) is 0 Å². The van der Waals surface area contributed by atoms with E-state index in [1.165, 1.54) is 5.69 Å². The van der Waals surface area contributed by atoms with Gasteiger partial charge in [-0.05, 0) is 19.1 Å². The third-order valence-electron chi connectivity index (χ3n) is 3.11. The van der Waals surface area contributed by atoms with Crippen LogP contribution in [0.15, 0.2) is 18.3 Å². The van der Waals surface area contributed by atoms with Gasteiger partial charge in [0.1, 0.15) is 0 Å². The monoisotopic (exact) mass is 193 g/mol. The summed E-state index contributed by atoms with van der Waals surface area (Å²) in [6.45, 7) is 6.85. The fourth-order valence-corrected chi connectivity index (χ4v) is 2.16. The molecule has 0 spiro atoms. The predicted molar refractivity (Wildman–Crippen MR) is 58.3 cm³/mol. The number of aryl methyl sites for hydroxylation is 1. The number of rotatable bonds is 2. The van der Waals surface area contributed by atoms with E-state index in [1.54, 1.807) is 0 Å². The van der Waals surface area contributed by atoms with E-state index in [-0.39, 0.29) is 0 Å². The lowest BCUT2D eigenvalue weighted by Crippen LogP contribution is -2.44. The van der Waals surface area contributed by atoms with Gasteiger partial charge in [0, 0.05) is 51.2 Å². The van der Waals surface area contributed by atoms with E-state index in [1.807, 2.05) is 0 Å². The van der Waals surface area contributed by atoms with Crippen molar-refractivity contribution in [3.05, 3.63) is 24.0 Å². The molecule has 1 aromatic rings. The molecular weight excluding hydrogens is 174 g/mol. The number of hydrogen-bond donors (Lipinski definition) is 1. The van der Waals surface area contributed by atoms with Crippen molar-refractivity contribution < 1.29 is 0 Å². The first-order valence-electron chi connectivity index (χ1n) is 5.35. The van der Waals surface area contributed by atoms with Crippen molar-refractivity contribution in [2.75, 3.05) is 26.2 Å². The van der Waals surface area contributed by atoms with E-state index in [9.17, 15) is 0 Å². The normalized spacial score (nSPS) is 21.0. The molecule has 0 aromatic carbocycles. The smallest absolute Gasteiger partial charge is 0.0473 e. The minimum atomic E-state index is 0.539. The van der Waals surface area contributed by atoms with Crippen LogP contribution in [0.3, 0.4) is 0 Å². The van der Waals surface area contributed by atoms with Crippen LogP contribution >= 0.6 is 0 Å². The van der Waals surface area contributed by atoms with Crippen molar-refractivity contribution >= 4 is 0 Å². The van der Waals surface area contributed by atoms with Gasteiger partial charge in [-0.15, -0.1) is 0 Å². The first kappa shape index (κ1) is 9.74. The zero-order valence-electron chi connectivity index (χ0n) is 9.03. The molecule has 1 aromatic heterocycles. The van der Waals surface area contributed by atoms with Gasteiger partial charge in [0.25, 0.3) is 0 Å². The summed E-state index contributed by atoms with van der Waals surface area (Å²) >= 11 is 0. The standard InChI is InChI=1S/C11H19N3/c1-10(11-4-3-7-13(11)2)14-8-5-12-6-9-14/h3-4,7,10,12H,5-6,8-9H2,1-2H3/t10-/m1/s1. The van der Waals surface area contributed by atoms with Gasteiger partial charge in [-0.1, -0.05) is 0 Å². The van der Waals surface area contributed by atoms with Crippen molar-refractivity contribution in [1.29, 1.82) is 0 Å². The first-order valence-corrected chi connectivity index (χ1v) is 5.35. The van der Waals surface area contributed by atoms with E-state index in [2.05, 4.69) is 47.1 Å². The van der Waals surface area contributed by atoms with Crippen molar-refractivity contribution in [3.8, 4) is 0 Å². The topological polar surface area (TPSA) is 20.2 Å². The molecule has 1 saturated heterocycles. The lowest BCUT2D eigenvalue weighted by Gasteiger charge is -2.33. The molecule has 0 bridgehead atoms. The molecule has 3 nitrogen and oxygen atoms in total. The van der Waals surface area contributed by atoms with Crippen LogP contribution in [0.2, 0.25) is 0 Å². The van der Waals surface area contributed by atoms with Gasteiger partial charge in [0.2, 0.25) is 0 Å². The van der Waals surface area contributed by atoms with E-state index < -0.39 is 0 Å².